The number of ether oxygens (including phenoxy) is 1. The summed E-state index contributed by atoms with van der Waals surface area (Å²) in [6.07, 6.45) is 0. The number of hydrogen-bond acceptors (Lipinski definition) is 4. The van der Waals surface area contributed by atoms with E-state index >= 15 is 0 Å². The van der Waals surface area contributed by atoms with Gasteiger partial charge in [-0.15, -0.1) is 0 Å². The molecule has 3 aromatic rings. The molecule has 32 heavy (non-hydrogen) atoms. The molecule has 0 aliphatic heterocycles. The fourth-order valence-electron chi connectivity index (χ4n) is 3.16. The maximum Gasteiger partial charge on any atom is 0.264 e. The van der Waals surface area contributed by atoms with Crippen LogP contribution in [0, 0.1) is 20.8 Å². The second kappa shape index (κ2) is 9.87. The van der Waals surface area contributed by atoms with Gasteiger partial charge in [-0.25, -0.2) is 8.42 Å². The zero-order valence-corrected chi connectivity index (χ0v) is 19.6. The highest BCUT2D eigenvalue weighted by atomic mass is 32.2. The minimum atomic E-state index is -3.93. The number of anilines is 1. The van der Waals surface area contributed by atoms with E-state index in [4.69, 9.17) is 4.74 Å². The monoisotopic (exact) mass is 452 g/mol. The summed E-state index contributed by atoms with van der Waals surface area (Å²) in [7, 11) is -2.34. The van der Waals surface area contributed by atoms with Crippen LogP contribution in [0.25, 0.3) is 0 Å². The standard InChI is InChI=1S/C25H28N2O4S/c1-18-5-13-24(14-6-18)32(29,30)27(22-10-7-19(2)20(3)15-22)17-25(28)26-16-21-8-11-23(31-4)12-9-21/h5-15H,16-17H2,1-4H3,(H,26,28). The molecule has 1 N–H and O–H groups in total. The third-order valence-electron chi connectivity index (χ3n) is 5.32. The number of rotatable bonds is 8. The number of amides is 1. The number of methoxy groups -OCH3 is 1. The van der Waals surface area contributed by atoms with Crippen LogP contribution in [0.2, 0.25) is 0 Å². The third-order valence-corrected chi connectivity index (χ3v) is 7.11. The molecule has 0 atom stereocenters. The van der Waals surface area contributed by atoms with E-state index in [-0.39, 0.29) is 18.0 Å². The van der Waals surface area contributed by atoms with E-state index in [0.29, 0.717) is 5.69 Å². The maximum atomic E-state index is 13.5. The van der Waals surface area contributed by atoms with Gasteiger partial charge < -0.3 is 10.1 Å². The second-order valence-electron chi connectivity index (χ2n) is 7.72. The van der Waals surface area contributed by atoms with Gasteiger partial charge in [-0.2, -0.15) is 0 Å². The van der Waals surface area contributed by atoms with Gasteiger partial charge in [0.2, 0.25) is 5.91 Å². The first-order chi connectivity index (χ1) is 15.2. The molecule has 0 radical (unpaired) electrons. The van der Waals surface area contributed by atoms with Crippen molar-refractivity contribution in [3.63, 3.8) is 0 Å². The van der Waals surface area contributed by atoms with E-state index in [9.17, 15) is 13.2 Å². The average molecular weight is 453 g/mol. The van der Waals surface area contributed by atoms with Crippen LogP contribution in [0.15, 0.2) is 71.6 Å². The number of aryl methyl sites for hydroxylation is 3. The first-order valence-corrected chi connectivity index (χ1v) is 11.7. The SMILES string of the molecule is COc1ccc(CNC(=O)CN(c2ccc(C)c(C)c2)S(=O)(=O)c2ccc(C)cc2)cc1. The molecule has 0 saturated heterocycles. The lowest BCUT2D eigenvalue weighted by molar-refractivity contribution is -0.119. The molecule has 0 aliphatic carbocycles. The fourth-order valence-corrected chi connectivity index (χ4v) is 4.58. The summed E-state index contributed by atoms with van der Waals surface area (Å²) in [5.41, 5.74) is 4.29. The van der Waals surface area contributed by atoms with Crippen molar-refractivity contribution < 1.29 is 17.9 Å². The van der Waals surface area contributed by atoms with Gasteiger partial charge >= 0.3 is 0 Å². The fraction of sp³-hybridized carbons (Fsp3) is 0.240. The number of hydrogen-bond donors (Lipinski definition) is 1. The minimum Gasteiger partial charge on any atom is -0.497 e. The zero-order valence-electron chi connectivity index (χ0n) is 18.8. The van der Waals surface area contributed by atoms with E-state index in [1.807, 2.05) is 51.1 Å². The topological polar surface area (TPSA) is 75.7 Å². The maximum absolute atomic E-state index is 13.5. The number of carbonyl (C=O) groups is 1. The Morgan fingerprint density at radius 3 is 2.16 bits per heavy atom. The summed E-state index contributed by atoms with van der Waals surface area (Å²) in [4.78, 5) is 12.9. The van der Waals surface area contributed by atoms with Crippen molar-refractivity contribution in [3.05, 3.63) is 89.0 Å². The molecule has 0 unspecified atom stereocenters. The van der Waals surface area contributed by atoms with E-state index in [2.05, 4.69) is 5.32 Å². The lowest BCUT2D eigenvalue weighted by Gasteiger charge is -2.25. The lowest BCUT2D eigenvalue weighted by Crippen LogP contribution is -2.40. The normalized spacial score (nSPS) is 11.1. The van der Waals surface area contributed by atoms with E-state index < -0.39 is 15.9 Å². The van der Waals surface area contributed by atoms with Crippen LogP contribution in [0.1, 0.15) is 22.3 Å². The van der Waals surface area contributed by atoms with Crippen LogP contribution >= 0.6 is 0 Å². The van der Waals surface area contributed by atoms with Crippen LogP contribution in [-0.2, 0) is 21.4 Å². The van der Waals surface area contributed by atoms with Crippen molar-refractivity contribution in [1.29, 1.82) is 0 Å². The van der Waals surface area contributed by atoms with Gasteiger partial charge in [-0.3, -0.25) is 9.10 Å². The Labute approximate surface area is 189 Å². The quantitative estimate of drug-likeness (QED) is 0.558. The van der Waals surface area contributed by atoms with E-state index in [1.54, 1.807) is 43.5 Å². The molecule has 0 aromatic heterocycles. The van der Waals surface area contributed by atoms with Gasteiger partial charge in [-0.1, -0.05) is 35.9 Å². The van der Waals surface area contributed by atoms with Crippen molar-refractivity contribution in [1.82, 2.24) is 5.32 Å². The van der Waals surface area contributed by atoms with Crippen molar-refractivity contribution in [2.75, 3.05) is 18.0 Å². The Balaban J connectivity index is 1.85. The number of benzene rings is 3. The predicted octanol–water partition coefficient (Wildman–Crippen LogP) is 4.13. The van der Waals surface area contributed by atoms with Crippen LogP contribution < -0.4 is 14.4 Å². The largest absolute Gasteiger partial charge is 0.497 e. The van der Waals surface area contributed by atoms with Crippen LogP contribution in [0.4, 0.5) is 5.69 Å². The first-order valence-electron chi connectivity index (χ1n) is 10.3. The average Bonchev–Trinajstić information content (AvgIpc) is 2.78. The molecule has 0 saturated carbocycles. The summed E-state index contributed by atoms with van der Waals surface area (Å²) in [5.74, 6) is 0.333. The Morgan fingerprint density at radius 2 is 1.56 bits per heavy atom. The number of nitrogens with one attached hydrogen (secondary N) is 1. The Bertz CT molecular complexity index is 1190. The lowest BCUT2D eigenvalue weighted by atomic mass is 10.1. The van der Waals surface area contributed by atoms with Gasteiger partial charge in [0.15, 0.2) is 0 Å². The molecule has 0 spiro atoms. The number of sulfonamides is 1. The minimum absolute atomic E-state index is 0.143. The Hall–Kier alpha value is -3.32. The molecule has 3 rings (SSSR count). The number of nitrogens with zero attached hydrogens (tertiary/aromatic N) is 1. The second-order valence-corrected chi connectivity index (χ2v) is 9.58. The van der Waals surface area contributed by atoms with Gasteiger partial charge in [0.05, 0.1) is 17.7 Å². The highest BCUT2D eigenvalue weighted by Gasteiger charge is 2.27. The summed E-state index contributed by atoms with van der Waals surface area (Å²) >= 11 is 0. The molecule has 0 bridgehead atoms. The third kappa shape index (κ3) is 5.48. The van der Waals surface area contributed by atoms with Gasteiger partial charge in [0.1, 0.15) is 12.3 Å². The molecule has 0 heterocycles. The smallest absolute Gasteiger partial charge is 0.264 e. The predicted molar refractivity (Wildman–Crippen MR) is 126 cm³/mol. The molecule has 6 nitrogen and oxygen atoms in total. The zero-order chi connectivity index (χ0) is 23.3. The molecule has 7 heteroatoms. The summed E-state index contributed by atoms with van der Waals surface area (Å²) in [6.45, 7) is 5.73. The van der Waals surface area contributed by atoms with Gasteiger partial charge in [0.25, 0.3) is 10.0 Å². The highest BCUT2D eigenvalue weighted by molar-refractivity contribution is 7.92. The summed E-state index contributed by atoms with van der Waals surface area (Å²) < 4.78 is 33.2. The number of carbonyl (C=O) groups excluding carboxylic acids is 1. The van der Waals surface area contributed by atoms with E-state index in [1.165, 1.54) is 0 Å². The molecule has 0 aliphatic rings. The summed E-state index contributed by atoms with van der Waals surface area (Å²) in [6, 6.07) is 19.3. The van der Waals surface area contributed by atoms with E-state index in [0.717, 1.165) is 32.3 Å². The van der Waals surface area contributed by atoms with Crippen LogP contribution in [0.3, 0.4) is 0 Å². The van der Waals surface area contributed by atoms with Crippen molar-refractivity contribution in [3.8, 4) is 5.75 Å². The van der Waals surface area contributed by atoms with Crippen LogP contribution in [0.5, 0.6) is 5.75 Å². The van der Waals surface area contributed by atoms with Crippen LogP contribution in [-0.4, -0.2) is 28.0 Å². The van der Waals surface area contributed by atoms with Crippen molar-refractivity contribution in [2.45, 2.75) is 32.2 Å². The van der Waals surface area contributed by atoms with Crippen molar-refractivity contribution in [2.24, 2.45) is 0 Å². The first kappa shape index (κ1) is 23.3. The molecular formula is C25H28N2O4S. The summed E-state index contributed by atoms with van der Waals surface area (Å²) in [5, 5.41) is 2.81. The molecule has 0 fully saturated rings. The molecule has 168 valence electrons. The highest BCUT2D eigenvalue weighted by Crippen LogP contribution is 2.26. The molecule has 1 amide bonds. The molecule has 3 aromatic carbocycles. The Morgan fingerprint density at radius 1 is 0.906 bits per heavy atom. The van der Waals surface area contributed by atoms with Gasteiger partial charge in [0, 0.05) is 6.54 Å². The Kier molecular flexibility index (Phi) is 7.20. The van der Waals surface area contributed by atoms with Gasteiger partial charge in [-0.05, 0) is 73.9 Å². The molecular weight excluding hydrogens is 424 g/mol. The van der Waals surface area contributed by atoms with Crippen molar-refractivity contribution >= 4 is 21.6 Å².